The summed E-state index contributed by atoms with van der Waals surface area (Å²) in [4.78, 5) is 8.47. The molecular formula is C10H15N3S. The van der Waals surface area contributed by atoms with E-state index in [2.05, 4.69) is 22.2 Å². The Labute approximate surface area is 88.7 Å². The number of thioether (sulfide) groups is 1. The summed E-state index contributed by atoms with van der Waals surface area (Å²) in [6.07, 6.45) is 4.62. The van der Waals surface area contributed by atoms with E-state index in [9.17, 15) is 0 Å². The fourth-order valence-electron chi connectivity index (χ4n) is 1.67. The van der Waals surface area contributed by atoms with Gasteiger partial charge in [0.15, 0.2) is 0 Å². The number of aromatic nitrogens is 2. The Morgan fingerprint density at radius 1 is 1.64 bits per heavy atom. The largest absolute Gasteiger partial charge is 0.314 e. The molecule has 1 aromatic heterocycles. The SMILES string of the molecule is CCc1cncnc1C1CNCCS1. The normalized spacial score (nSPS) is 22.2. The van der Waals surface area contributed by atoms with Crippen LogP contribution in [0.15, 0.2) is 12.5 Å². The molecule has 0 amide bonds. The Morgan fingerprint density at radius 3 is 3.29 bits per heavy atom. The average Bonchev–Trinajstić information content (AvgIpc) is 2.30. The molecule has 1 fully saturated rings. The van der Waals surface area contributed by atoms with Gasteiger partial charge >= 0.3 is 0 Å². The second-order valence-electron chi connectivity index (χ2n) is 3.35. The molecule has 2 rings (SSSR count). The highest BCUT2D eigenvalue weighted by Crippen LogP contribution is 2.30. The van der Waals surface area contributed by atoms with Crippen LogP contribution in [0.1, 0.15) is 23.4 Å². The molecule has 1 aromatic rings. The highest BCUT2D eigenvalue weighted by atomic mass is 32.2. The molecule has 0 saturated carbocycles. The van der Waals surface area contributed by atoms with Crippen LogP contribution in [-0.4, -0.2) is 28.8 Å². The minimum Gasteiger partial charge on any atom is -0.314 e. The van der Waals surface area contributed by atoms with Gasteiger partial charge in [-0.15, -0.1) is 11.8 Å². The Hall–Kier alpha value is -0.610. The first-order valence-electron chi connectivity index (χ1n) is 5.03. The Balaban J connectivity index is 2.20. The molecule has 1 N–H and O–H groups in total. The lowest BCUT2D eigenvalue weighted by molar-refractivity contribution is 0.674. The lowest BCUT2D eigenvalue weighted by atomic mass is 10.1. The van der Waals surface area contributed by atoms with Gasteiger partial charge in [-0.05, 0) is 12.0 Å². The summed E-state index contributed by atoms with van der Waals surface area (Å²) in [5, 5.41) is 3.92. The van der Waals surface area contributed by atoms with E-state index in [0.717, 1.165) is 19.5 Å². The lowest BCUT2D eigenvalue weighted by Gasteiger charge is -2.23. The van der Waals surface area contributed by atoms with Crippen molar-refractivity contribution in [2.45, 2.75) is 18.6 Å². The number of nitrogens with one attached hydrogen (secondary N) is 1. The third kappa shape index (κ3) is 2.07. The van der Waals surface area contributed by atoms with E-state index in [1.807, 2.05) is 18.0 Å². The van der Waals surface area contributed by atoms with Gasteiger partial charge in [-0.2, -0.15) is 0 Å². The van der Waals surface area contributed by atoms with Crippen LogP contribution in [0.4, 0.5) is 0 Å². The molecule has 0 aliphatic carbocycles. The first-order chi connectivity index (χ1) is 6.92. The van der Waals surface area contributed by atoms with Crippen LogP contribution in [0.2, 0.25) is 0 Å². The molecule has 0 bridgehead atoms. The first-order valence-corrected chi connectivity index (χ1v) is 6.07. The maximum absolute atomic E-state index is 4.40. The predicted molar refractivity (Wildman–Crippen MR) is 59.5 cm³/mol. The van der Waals surface area contributed by atoms with E-state index >= 15 is 0 Å². The molecule has 0 spiro atoms. The van der Waals surface area contributed by atoms with Gasteiger partial charge < -0.3 is 5.32 Å². The van der Waals surface area contributed by atoms with E-state index in [0.29, 0.717) is 5.25 Å². The van der Waals surface area contributed by atoms with Gasteiger partial charge in [-0.3, -0.25) is 0 Å². The van der Waals surface area contributed by atoms with E-state index in [1.165, 1.54) is 17.0 Å². The number of rotatable bonds is 2. The van der Waals surface area contributed by atoms with Crippen molar-refractivity contribution >= 4 is 11.8 Å². The molecule has 0 radical (unpaired) electrons. The van der Waals surface area contributed by atoms with Crippen LogP contribution in [-0.2, 0) is 6.42 Å². The molecule has 4 heteroatoms. The number of hydrogen-bond acceptors (Lipinski definition) is 4. The summed E-state index contributed by atoms with van der Waals surface area (Å²) >= 11 is 1.99. The van der Waals surface area contributed by atoms with E-state index in [1.54, 1.807) is 6.33 Å². The molecule has 2 heterocycles. The van der Waals surface area contributed by atoms with Crippen molar-refractivity contribution in [3.63, 3.8) is 0 Å². The minimum absolute atomic E-state index is 0.515. The monoisotopic (exact) mass is 209 g/mol. The molecule has 1 aliphatic rings. The van der Waals surface area contributed by atoms with Crippen molar-refractivity contribution in [1.29, 1.82) is 0 Å². The minimum atomic E-state index is 0.515. The zero-order chi connectivity index (χ0) is 9.80. The average molecular weight is 209 g/mol. The summed E-state index contributed by atoms with van der Waals surface area (Å²) in [6.45, 7) is 4.31. The molecule has 0 aromatic carbocycles. The van der Waals surface area contributed by atoms with Crippen molar-refractivity contribution in [1.82, 2.24) is 15.3 Å². The third-order valence-corrected chi connectivity index (χ3v) is 3.67. The Bertz CT molecular complexity index is 297. The lowest BCUT2D eigenvalue weighted by Crippen LogP contribution is -2.29. The summed E-state index contributed by atoms with van der Waals surface area (Å²) in [7, 11) is 0. The maximum atomic E-state index is 4.40. The van der Waals surface area contributed by atoms with E-state index in [-0.39, 0.29) is 0 Å². The molecule has 1 aliphatic heterocycles. The van der Waals surface area contributed by atoms with Crippen LogP contribution in [0.25, 0.3) is 0 Å². The first kappa shape index (κ1) is 9.93. The fourth-order valence-corrected chi connectivity index (χ4v) is 2.82. The van der Waals surface area contributed by atoms with Crippen molar-refractivity contribution < 1.29 is 0 Å². The van der Waals surface area contributed by atoms with Crippen LogP contribution in [0.3, 0.4) is 0 Å². The topological polar surface area (TPSA) is 37.8 Å². The van der Waals surface area contributed by atoms with Gasteiger partial charge in [-0.25, -0.2) is 9.97 Å². The molecule has 3 nitrogen and oxygen atoms in total. The second-order valence-corrected chi connectivity index (χ2v) is 4.66. The summed E-state index contributed by atoms with van der Waals surface area (Å²) in [5.74, 6) is 1.18. The molecule has 14 heavy (non-hydrogen) atoms. The number of hydrogen-bond donors (Lipinski definition) is 1. The fraction of sp³-hybridized carbons (Fsp3) is 0.600. The van der Waals surface area contributed by atoms with Crippen LogP contribution < -0.4 is 5.32 Å². The Kier molecular flexibility index (Phi) is 3.37. The Morgan fingerprint density at radius 2 is 2.57 bits per heavy atom. The van der Waals surface area contributed by atoms with Gasteiger partial charge in [0.25, 0.3) is 0 Å². The maximum Gasteiger partial charge on any atom is 0.115 e. The van der Waals surface area contributed by atoms with Gasteiger partial charge in [0.2, 0.25) is 0 Å². The van der Waals surface area contributed by atoms with Crippen LogP contribution in [0.5, 0.6) is 0 Å². The van der Waals surface area contributed by atoms with Crippen molar-refractivity contribution in [2.75, 3.05) is 18.8 Å². The summed E-state index contributed by atoms with van der Waals surface area (Å²) < 4.78 is 0. The van der Waals surface area contributed by atoms with Gasteiger partial charge in [0, 0.05) is 25.0 Å². The predicted octanol–water partition coefficient (Wildman–Crippen LogP) is 1.42. The van der Waals surface area contributed by atoms with Crippen molar-refractivity contribution in [2.24, 2.45) is 0 Å². The van der Waals surface area contributed by atoms with Gasteiger partial charge in [-0.1, -0.05) is 6.92 Å². The van der Waals surface area contributed by atoms with E-state index in [4.69, 9.17) is 0 Å². The molecule has 76 valence electrons. The van der Waals surface area contributed by atoms with Crippen molar-refractivity contribution in [3.8, 4) is 0 Å². The zero-order valence-electron chi connectivity index (χ0n) is 8.36. The number of nitrogens with zero attached hydrogens (tertiary/aromatic N) is 2. The summed E-state index contributed by atoms with van der Waals surface area (Å²) in [5.41, 5.74) is 2.51. The van der Waals surface area contributed by atoms with Crippen LogP contribution >= 0.6 is 11.8 Å². The second kappa shape index (κ2) is 4.75. The highest BCUT2D eigenvalue weighted by Gasteiger charge is 2.19. The molecular weight excluding hydrogens is 194 g/mol. The zero-order valence-corrected chi connectivity index (χ0v) is 9.18. The van der Waals surface area contributed by atoms with Crippen LogP contribution in [0, 0.1) is 0 Å². The van der Waals surface area contributed by atoms with Gasteiger partial charge in [0.1, 0.15) is 6.33 Å². The quantitative estimate of drug-likeness (QED) is 0.799. The summed E-state index contributed by atoms with van der Waals surface area (Å²) in [6, 6.07) is 0. The molecule has 1 atom stereocenters. The highest BCUT2D eigenvalue weighted by molar-refractivity contribution is 7.99. The number of aryl methyl sites for hydroxylation is 1. The van der Waals surface area contributed by atoms with Gasteiger partial charge in [0.05, 0.1) is 10.9 Å². The standard InChI is InChI=1S/C10H15N3S/c1-2-8-5-12-7-13-10(8)9-6-11-3-4-14-9/h5,7,9,11H,2-4,6H2,1H3. The van der Waals surface area contributed by atoms with E-state index < -0.39 is 0 Å². The molecule has 1 saturated heterocycles. The third-order valence-electron chi connectivity index (χ3n) is 2.44. The van der Waals surface area contributed by atoms with Crippen molar-refractivity contribution in [3.05, 3.63) is 23.8 Å². The smallest absolute Gasteiger partial charge is 0.115 e. The molecule has 1 unspecified atom stereocenters.